The second-order valence-electron chi connectivity index (χ2n) is 6.67. The minimum atomic E-state index is -0.0760. The molecular weight excluding hydrogens is 330 g/mol. The standard InChI is InChI=1S/C20H27N3O3/c1-15(2)14-26-18-8-6-16(10-19(18)25-5)7-9-20(24)22(3)12-17-11-21-23(4)13-17/h6-11,13,15H,12,14H2,1-5H3/b9-7+. The van der Waals surface area contributed by atoms with Crippen molar-refractivity contribution in [2.45, 2.75) is 20.4 Å². The molecule has 0 aliphatic heterocycles. The van der Waals surface area contributed by atoms with Crippen LogP contribution in [-0.2, 0) is 18.4 Å². The summed E-state index contributed by atoms with van der Waals surface area (Å²) in [6.45, 7) is 5.33. The van der Waals surface area contributed by atoms with E-state index in [1.807, 2.05) is 31.4 Å². The Hall–Kier alpha value is -2.76. The Labute approximate surface area is 155 Å². The van der Waals surface area contributed by atoms with Crippen molar-refractivity contribution in [3.63, 3.8) is 0 Å². The van der Waals surface area contributed by atoms with Gasteiger partial charge in [0.1, 0.15) is 0 Å². The maximum absolute atomic E-state index is 12.3. The van der Waals surface area contributed by atoms with E-state index in [9.17, 15) is 4.79 Å². The molecular formula is C20H27N3O3. The lowest BCUT2D eigenvalue weighted by Crippen LogP contribution is -2.23. The Bertz CT molecular complexity index is 765. The number of nitrogens with zero attached hydrogens (tertiary/aromatic N) is 3. The van der Waals surface area contributed by atoms with Gasteiger partial charge >= 0.3 is 0 Å². The van der Waals surface area contributed by atoms with Crippen LogP contribution in [-0.4, -0.2) is 41.4 Å². The summed E-state index contributed by atoms with van der Waals surface area (Å²) in [5.74, 6) is 1.72. The Balaban J connectivity index is 2.00. The number of methoxy groups -OCH3 is 1. The summed E-state index contributed by atoms with van der Waals surface area (Å²) in [4.78, 5) is 13.9. The highest BCUT2D eigenvalue weighted by molar-refractivity contribution is 5.91. The first-order valence-corrected chi connectivity index (χ1v) is 8.60. The molecule has 140 valence electrons. The fraction of sp³-hybridized carbons (Fsp3) is 0.400. The number of likely N-dealkylation sites (N-methyl/N-ethyl adjacent to an activating group) is 1. The van der Waals surface area contributed by atoms with Gasteiger partial charge in [0.05, 0.1) is 19.9 Å². The smallest absolute Gasteiger partial charge is 0.246 e. The predicted molar refractivity (Wildman–Crippen MR) is 102 cm³/mol. The van der Waals surface area contributed by atoms with Gasteiger partial charge < -0.3 is 14.4 Å². The van der Waals surface area contributed by atoms with Crippen LogP contribution in [0.4, 0.5) is 0 Å². The van der Waals surface area contributed by atoms with E-state index in [1.54, 1.807) is 42.1 Å². The lowest BCUT2D eigenvalue weighted by molar-refractivity contribution is -0.125. The molecule has 0 aliphatic rings. The number of rotatable bonds is 8. The average molecular weight is 357 g/mol. The summed E-state index contributed by atoms with van der Waals surface area (Å²) in [7, 11) is 5.23. The molecule has 1 amide bonds. The highest BCUT2D eigenvalue weighted by Crippen LogP contribution is 2.29. The van der Waals surface area contributed by atoms with Crippen LogP contribution < -0.4 is 9.47 Å². The van der Waals surface area contributed by atoms with E-state index in [2.05, 4.69) is 18.9 Å². The van der Waals surface area contributed by atoms with Crippen molar-refractivity contribution in [2.75, 3.05) is 20.8 Å². The molecule has 2 rings (SSSR count). The molecule has 0 bridgehead atoms. The van der Waals surface area contributed by atoms with Gasteiger partial charge in [0.25, 0.3) is 0 Å². The zero-order chi connectivity index (χ0) is 19.1. The van der Waals surface area contributed by atoms with E-state index in [4.69, 9.17) is 9.47 Å². The van der Waals surface area contributed by atoms with Crippen molar-refractivity contribution in [3.8, 4) is 11.5 Å². The summed E-state index contributed by atoms with van der Waals surface area (Å²) >= 11 is 0. The van der Waals surface area contributed by atoms with Crippen LogP contribution >= 0.6 is 0 Å². The third-order valence-corrected chi connectivity index (χ3v) is 3.73. The number of ether oxygens (including phenoxy) is 2. The topological polar surface area (TPSA) is 56.6 Å². The van der Waals surface area contributed by atoms with Crippen molar-refractivity contribution in [2.24, 2.45) is 13.0 Å². The lowest BCUT2D eigenvalue weighted by Gasteiger charge is -2.14. The first kappa shape index (κ1) is 19.6. The van der Waals surface area contributed by atoms with Gasteiger partial charge in [-0.1, -0.05) is 19.9 Å². The van der Waals surface area contributed by atoms with Gasteiger partial charge in [0.15, 0.2) is 11.5 Å². The van der Waals surface area contributed by atoms with E-state index < -0.39 is 0 Å². The molecule has 0 saturated carbocycles. The summed E-state index contributed by atoms with van der Waals surface area (Å²) in [6.07, 6.45) is 6.99. The van der Waals surface area contributed by atoms with Crippen LogP contribution in [0.3, 0.4) is 0 Å². The van der Waals surface area contributed by atoms with E-state index in [0.29, 0.717) is 30.6 Å². The van der Waals surface area contributed by atoms with Gasteiger partial charge in [-0.3, -0.25) is 9.48 Å². The monoisotopic (exact) mass is 357 g/mol. The highest BCUT2D eigenvalue weighted by atomic mass is 16.5. The molecule has 0 unspecified atom stereocenters. The van der Waals surface area contributed by atoms with Crippen molar-refractivity contribution < 1.29 is 14.3 Å². The lowest BCUT2D eigenvalue weighted by atomic mass is 10.1. The van der Waals surface area contributed by atoms with E-state index in [-0.39, 0.29) is 5.91 Å². The Morgan fingerprint density at radius 3 is 2.73 bits per heavy atom. The highest BCUT2D eigenvalue weighted by Gasteiger charge is 2.09. The molecule has 0 atom stereocenters. The first-order valence-electron chi connectivity index (χ1n) is 8.60. The summed E-state index contributed by atoms with van der Waals surface area (Å²) in [5.41, 5.74) is 1.87. The fourth-order valence-electron chi connectivity index (χ4n) is 2.36. The predicted octanol–water partition coefficient (Wildman–Crippen LogP) is 3.14. The van der Waals surface area contributed by atoms with E-state index in [1.165, 1.54) is 0 Å². The number of aryl methyl sites for hydroxylation is 1. The quantitative estimate of drug-likeness (QED) is 0.681. The maximum Gasteiger partial charge on any atom is 0.246 e. The third-order valence-electron chi connectivity index (χ3n) is 3.73. The largest absolute Gasteiger partial charge is 0.493 e. The van der Waals surface area contributed by atoms with E-state index in [0.717, 1.165) is 11.1 Å². The summed E-state index contributed by atoms with van der Waals surface area (Å²) in [6, 6.07) is 5.63. The zero-order valence-electron chi connectivity index (χ0n) is 16.1. The minimum Gasteiger partial charge on any atom is -0.493 e. The second-order valence-corrected chi connectivity index (χ2v) is 6.67. The average Bonchev–Trinajstić information content (AvgIpc) is 3.02. The number of hydrogen-bond acceptors (Lipinski definition) is 4. The van der Waals surface area contributed by atoms with Crippen LogP contribution in [0.2, 0.25) is 0 Å². The van der Waals surface area contributed by atoms with Crippen molar-refractivity contribution >= 4 is 12.0 Å². The molecule has 0 radical (unpaired) electrons. The Kier molecular flexibility index (Phi) is 6.83. The molecule has 1 aromatic heterocycles. The van der Waals surface area contributed by atoms with Crippen molar-refractivity contribution in [1.82, 2.24) is 14.7 Å². The molecule has 1 heterocycles. The van der Waals surface area contributed by atoms with E-state index >= 15 is 0 Å². The van der Waals surface area contributed by atoms with Crippen molar-refractivity contribution in [1.29, 1.82) is 0 Å². The number of hydrogen-bond donors (Lipinski definition) is 0. The Morgan fingerprint density at radius 1 is 1.35 bits per heavy atom. The van der Waals surface area contributed by atoms with Gasteiger partial charge in [-0.2, -0.15) is 5.10 Å². The number of aromatic nitrogens is 2. The SMILES string of the molecule is COc1cc(/C=C/C(=O)N(C)Cc2cnn(C)c2)ccc1OCC(C)C. The van der Waals surface area contributed by atoms with Crippen LogP contribution in [0, 0.1) is 5.92 Å². The second kappa shape index (κ2) is 9.08. The molecule has 0 N–H and O–H groups in total. The molecule has 0 aliphatic carbocycles. The number of carbonyl (C=O) groups excluding carboxylic acids is 1. The van der Waals surface area contributed by atoms with Crippen LogP contribution in [0.1, 0.15) is 25.0 Å². The maximum atomic E-state index is 12.3. The molecule has 0 saturated heterocycles. The van der Waals surface area contributed by atoms with Crippen LogP contribution in [0.5, 0.6) is 11.5 Å². The van der Waals surface area contributed by atoms with Gasteiger partial charge in [-0.25, -0.2) is 0 Å². The van der Waals surface area contributed by atoms with Crippen molar-refractivity contribution in [3.05, 3.63) is 47.8 Å². The van der Waals surface area contributed by atoms with Gasteiger partial charge in [-0.05, 0) is 29.7 Å². The molecule has 2 aromatic rings. The normalized spacial score (nSPS) is 11.2. The van der Waals surface area contributed by atoms with Gasteiger partial charge in [-0.15, -0.1) is 0 Å². The minimum absolute atomic E-state index is 0.0760. The molecule has 6 heteroatoms. The summed E-state index contributed by atoms with van der Waals surface area (Å²) < 4.78 is 12.9. The summed E-state index contributed by atoms with van der Waals surface area (Å²) in [5, 5.41) is 4.11. The third kappa shape index (κ3) is 5.65. The number of carbonyl (C=O) groups is 1. The van der Waals surface area contributed by atoms with Crippen LogP contribution in [0.25, 0.3) is 6.08 Å². The number of benzene rings is 1. The molecule has 6 nitrogen and oxygen atoms in total. The molecule has 1 aromatic carbocycles. The van der Waals surface area contributed by atoms with Crippen LogP contribution in [0.15, 0.2) is 36.7 Å². The Morgan fingerprint density at radius 2 is 2.12 bits per heavy atom. The fourth-order valence-corrected chi connectivity index (χ4v) is 2.36. The first-order chi connectivity index (χ1) is 12.4. The molecule has 0 spiro atoms. The number of amides is 1. The molecule has 0 fully saturated rings. The zero-order valence-corrected chi connectivity index (χ0v) is 16.1. The van der Waals surface area contributed by atoms with Gasteiger partial charge in [0.2, 0.25) is 5.91 Å². The molecule has 26 heavy (non-hydrogen) atoms. The van der Waals surface area contributed by atoms with Gasteiger partial charge in [0, 0.05) is 38.5 Å².